The van der Waals surface area contributed by atoms with E-state index in [9.17, 15) is 0 Å². The molecule has 2 aromatic rings. The molecule has 0 atom stereocenters. The molecule has 0 fully saturated rings. The van der Waals surface area contributed by atoms with Gasteiger partial charge in [0.25, 0.3) is 0 Å². The lowest BCUT2D eigenvalue weighted by atomic mass is 10.1. The Kier molecular flexibility index (Phi) is 3.42. The largest absolute Gasteiger partial charge is 0.348 e. The lowest BCUT2D eigenvalue weighted by molar-refractivity contribution is 1.25. The molecule has 0 aliphatic carbocycles. The minimum Gasteiger partial charge on any atom is -0.348 e. The molecular weight excluding hydrogens is 220 g/mol. The number of aromatic nitrogens is 2. The second-order valence-electron chi connectivity index (χ2n) is 3.65. The Bertz CT molecular complexity index is 483. The number of hydrogen-bond acceptors (Lipinski definition) is 1. The third-order valence-corrected chi connectivity index (χ3v) is 2.66. The third kappa shape index (κ3) is 2.74. The average Bonchev–Trinajstić information content (AvgIpc) is 2.68. The Labute approximate surface area is 100.0 Å². The van der Waals surface area contributed by atoms with Crippen LogP contribution in [0.2, 0.25) is 5.02 Å². The predicted molar refractivity (Wildman–Crippen MR) is 67.5 cm³/mol. The zero-order valence-corrected chi connectivity index (χ0v) is 9.83. The van der Waals surface area contributed by atoms with Crippen molar-refractivity contribution in [3.8, 4) is 0 Å². The summed E-state index contributed by atoms with van der Waals surface area (Å²) >= 11 is 5.82. The Hall–Kier alpha value is -1.54. The van der Waals surface area contributed by atoms with Crippen LogP contribution >= 0.6 is 11.6 Å². The van der Waals surface area contributed by atoms with Gasteiger partial charge in [0.1, 0.15) is 0 Å². The molecule has 1 heterocycles. The fourth-order valence-corrected chi connectivity index (χ4v) is 1.59. The van der Waals surface area contributed by atoms with Gasteiger partial charge in [-0.3, -0.25) is 0 Å². The quantitative estimate of drug-likeness (QED) is 0.860. The van der Waals surface area contributed by atoms with Crippen LogP contribution in [0, 0.1) is 6.92 Å². The van der Waals surface area contributed by atoms with Crippen molar-refractivity contribution in [2.45, 2.75) is 13.3 Å². The van der Waals surface area contributed by atoms with Gasteiger partial charge >= 0.3 is 0 Å². The van der Waals surface area contributed by atoms with E-state index in [-0.39, 0.29) is 0 Å². The molecule has 0 aliphatic rings. The number of aryl methyl sites for hydroxylation is 1. The van der Waals surface area contributed by atoms with Gasteiger partial charge in [-0.05, 0) is 37.1 Å². The summed E-state index contributed by atoms with van der Waals surface area (Å²) in [4.78, 5) is 7.24. The molecule has 0 spiro atoms. The predicted octanol–water partition coefficient (Wildman–Crippen LogP) is 3.63. The van der Waals surface area contributed by atoms with Gasteiger partial charge in [0.2, 0.25) is 0 Å². The highest BCUT2D eigenvalue weighted by molar-refractivity contribution is 6.30. The fourth-order valence-electron chi connectivity index (χ4n) is 1.46. The number of rotatable bonds is 3. The molecule has 1 aromatic carbocycles. The lowest BCUT2D eigenvalue weighted by Crippen LogP contribution is -1.81. The van der Waals surface area contributed by atoms with Crippen LogP contribution in [0.15, 0.2) is 36.7 Å². The summed E-state index contributed by atoms with van der Waals surface area (Å²) in [5.74, 6) is 0. The van der Waals surface area contributed by atoms with Crippen molar-refractivity contribution in [2.24, 2.45) is 0 Å². The van der Waals surface area contributed by atoms with Gasteiger partial charge in [0.15, 0.2) is 0 Å². The molecular formula is C13H13ClN2. The standard InChI is InChI=1S/C13H13ClN2/c1-10-13(16-9-15-10)4-2-3-11-5-7-12(14)8-6-11/h2,4-9H,3H2,1H3,(H,15,16). The van der Waals surface area contributed by atoms with E-state index in [1.807, 2.05) is 37.3 Å². The Balaban J connectivity index is 2.00. The third-order valence-electron chi connectivity index (χ3n) is 2.41. The molecule has 0 saturated carbocycles. The zero-order chi connectivity index (χ0) is 11.4. The maximum atomic E-state index is 5.82. The van der Waals surface area contributed by atoms with Crippen molar-refractivity contribution in [3.63, 3.8) is 0 Å². The molecule has 1 N–H and O–H groups in total. The van der Waals surface area contributed by atoms with E-state index in [1.54, 1.807) is 6.33 Å². The van der Waals surface area contributed by atoms with E-state index < -0.39 is 0 Å². The second kappa shape index (κ2) is 4.99. The van der Waals surface area contributed by atoms with E-state index in [1.165, 1.54) is 5.56 Å². The van der Waals surface area contributed by atoms with E-state index in [2.05, 4.69) is 16.0 Å². The maximum absolute atomic E-state index is 5.82. The number of hydrogen-bond donors (Lipinski definition) is 1. The normalized spacial score (nSPS) is 11.1. The molecule has 0 unspecified atom stereocenters. The lowest BCUT2D eigenvalue weighted by Gasteiger charge is -1.96. The topological polar surface area (TPSA) is 28.7 Å². The van der Waals surface area contributed by atoms with E-state index in [4.69, 9.17) is 11.6 Å². The van der Waals surface area contributed by atoms with Gasteiger partial charge in [-0.25, -0.2) is 4.98 Å². The van der Waals surface area contributed by atoms with Crippen LogP contribution in [0.1, 0.15) is 17.0 Å². The number of aromatic amines is 1. The summed E-state index contributed by atoms with van der Waals surface area (Å²) in [6.07, 6.45) is 6.73. The highest BCUT2D eigenvalue weighted by atomic mass is 35.5. The highest BCUT2D eigenvalue weighted by Gasteiger charge is 1.94. The van der Waals surface area contributed by atoms with Gasteiger partial charge in [-0.1, -0.05) is 29.8 Å². The van der Waals surface area contributed by atoms with Gasteiger partial charge in [-0.2, -0.15) is 0 Å². The molecule has 3 heteroatoms. The van der Waals surface area contributed by atoms with Crippen LogP contribution in [0.4, 0.5) is 0 Å². The van der Waals surface area contributed by atoms with Crippen molar-refractivity contribution in [2.75, 3.05) is 0 Å². The zero-order valence-electron chi connectivity index (χ0n) is 9.07. The van der Waals surface area contributed by atoms with Crippen molar-refractivity contribution in [3.05, 3.63) is 58.6 Å². The molecule has 2 nitrogen and oxygen atoms in total. The summed E-state index contributed by atoms with van der Waals surface area (Å²) in [5, 5.41) is 0.774. The van der Waals surface area contributed by atoms with Crippen LogP contribution in [-0.2, 0) is 6.42 Å². The van der Waals surface area contributed by atoms with Crippen molar-refractivity contribution >= 4 is 17.7 Å². The molecule has 0 radical (unpaired) electrons. The first-order valence-electron chi connectivity index (χ1n) is 5.16. The molecule has 0 amide bonds. The number of halogens is 1. The van der Waals surface area contributed by atoms with Crippen molar-refractivity contribution < 1.29 is 0 Å². The number of allylic oxidation sites excluding steroid dienone is 1. The van der Waals surface area contributed by atoms with Crippen molar-refractivity contribution in [1.82, 2.24) is 9.97 Å². The number of nitrogens with one attached hydrogen (secondary N) is 1. The minimum atomic E-state index is 0.774. The molecule has 0 saturated heterocycles. The molecule has 0 bridgehead atoms. The average molecular weight is 233 g/mol. The Morgan fingerprint density at radius 2 is 2.06 bits per heavy atom. The SMILES string of the molecule is Cc1[nH]cnc1C=CCc1ccc(Cl)cc1. The van der Waals surface area contributed by atoms with Crippen LogP contribution in [0.25, 0.3) is 6.08 Å². The van der Waals surface area contributed by atoms with Crippen LogP contribution in [0.3, 0.4) is 0 Å². The first-order valence-corrected chi connectivity index (χ1v) is 5.54. The molecule has 0 aliphatic heterocycles. The van der Waals surface area contributed by atoms with Gasteiger partial charge in [0, 0.05) is 10.7 Å². The summed E-state index contributed by atoms with van der Waals surface area (Å²) in [5.41, 5.74) is 3.33. The first-order chi connectivity index (χ1) is 7.75. The van der Waals surface area contributed by atoms with Crippen LogP contribution in [-0.4, -0.2) is 9.97 Å². The van der Waals surface area contributed by atoms with E-state index in [0.29, 0.717) is 0 Å². The van der Waals surface area contributed by atoms with E-state index in [0.717, 1.165) is 22.8 Å². The van der Waals surface area contributed by atoms with Gasteiger partial charge in [0.05, 0.1) is 12.0 Å². The monoisotopic (exact) mass is 232 g/mol. The van der Waals surface area contributed by atoms with Crippen LogP contribution < -0.4 is 0 Å². The fraction of sp³-hybridized carbons (Fsp3) is 0.154. The molecule has 16 heavy (non-hydrogen) atoms. The summed E-state index contributed by atoms with van der Waals surface area (Å²) in [7, 11) is 0. The number of imidazole rings is 1. The molecule has 82 valence electrons. The molecule has 2 rings (SSSR count). The number of nitrogens with zero attached hydrogens (tertiary/aromatic N) is 1. The van der Waals surface area contributed by atoms with E-state index >= 15 is 0 Å². The first kappa shape index (κ1) is 11.0. The summed E-state index contributed by atoms with van der Waals surface area (Å²) < 4.78 is 0. The Morgan fingerprint density at radius 3 is 2.69 bits per heavy atom. The summed E-state index contributed by atoms with van der Waals surface area (Å²) in [6.45, 7) is 2.01. The van der Waals surface area contributed by atoms with Crippen molar-refractivity contribution in [1.29, 1.82) is 0 Å². The minimum absolute atomic E-state index is 0.774. The number of benzene rings is 1. The second-order valence-corrected chi connectivity index (χ2v) is 4.08. The number of H-pyrrole nitrogens is 1. The maximum Gasteiger partial charge on any atom is 0.0929 e. The smallest absolute Gasteiger partial charge is 0.0929 e. The van der Waals surface area contributed by atoms with Gasteiger partial charge in [-0.15, -0.1) is 0 Å². The van der Waals surface area contributed by atoms with Crippen LogP contribution in [0.5, 0.6) is 0 Å². The summed E-state index contributed by atoms with van der Waals surface area (Å²) in [6, 6.07) is 7.88. The Morgan fingerprint density at radius 1 is 1.31 bits per heavy atom. The highest BCUT2D eigenvalue weighted by Crippen LogP contribution is 2.11. The molecule has 1 aromatic heterocycles. The van der Waals surface area contributed by atoms with Gasteiger partial charge < -0.3 is 4.98 Å².